The van der Waals surface area contributed by atoms with E-state index < -0.39 is 0 Å². The maximum Gasteiger partial charge on any atom is 0.347 e. The summed E-state index contributed by atoms with van der Waals surface area (Å²) >= 11 is 2.75. The highest BCUT2D eigenvalue weighted by atomic mass is 32.2. The van der Waals surface area contributed by atoms with Gasteiger partial charge in [-0.1, -0.05) is 17.4 Å². The highest BCUT2D eigenvalue weighted by Gasteiger charge is 2.24. The predicted octanol–water partition coefficient (Wildman–Crippen LogP) is 3.88. The van der Waals surface area contributed by atoms with E-state index in [1.54, 1.807) is 35.1 Å². The summed E-state index contributed by atoms with van der Waals surface area (Å²) in [4.78, 5) is 31.0. The van der Waals surface area contributed by atoms with Crippen molar-refractivity contribution in [2.45, 2.75) is 32.5 Å². The van der Waals surface area contributed by atoms with E-state index in [1.807, 2.05) is 26.8 Å². The molecule has 0 aliphatic carbocycles. The number of nitrogens with one attached hydrogen (secondary N) is 2. The van der Waals surface area contributed by atoms with Gasteiger partial charge in [0.1, 0.15) is 16.9 Å². The molecular weight excluding hydrogens is 434 g/mol. The molecule has 3 heterocycles. The number of carbonyl (C=O) groups excluding carboxylic acids is 1. The molecule has 0 saturated carbocycles. The molecule has 7 nitrogen and oxygen atoms in total. The van der Waals surface area contributed by atoms with Gasteiger partial charge in [-0.2, -0.15) is 4.57 Å². The number of aromatic amines is 1. The number of aromatic hydroxyl groups is 1. The van der Waals surface area contributed by atoms with Crippen LogP contribution in [-0.2, 0) is 11.3 Å². The first-order chi connectivity index (χ1) is 14.8. The molecule has 0 aliphatic heterocycles. The number of benzene rings is 1. The van der Waals surface area contributed by atoms with Crippen LogP contribution in [0.1, 0.15) is 21.8 Å². The van der Waals surface area contributed by atoms with Crippen molar-refractivity contribution in [3.05, 3.63) is 68.7 Å². The molecule has 0 atom stereocenters. The Morgan fingerprint density at radius 3 is 2.84 bits per heavy atom. The molecule has 0 radical (unpaired) electrons. The van der Waals surface area contributed by atoms with Gasteiger partial charge in [0.25, 0.3) is 0 Å². The molecule has 3 N–H and O–H groups in total. The fourth-order valence-electron chi connectivity index (χ4n) is 3.25. The summed E-state index contributed by atoms with van der Waals surface area (Å²) in [5.74, 6) is 0.442. The smallest absolute Gasteiger partial charge is 0.347 e. The second kappa shape index (κ2) is 8.60. The number of amides is 1. The number of hydrogen-bond acceptors (Lipinski definition) is 6. The molecule has 1 amide bonds. The molecular formula is C22H22N3O4S2+. The monoisotopic (exact) mass is 456 g/mol. The molecule has 31 heavy (non-hydrogen) atoms. The van der Waals surface area contributed by atoms with Crippen LogP contribution in [0.3, 0.4) is 0 Å². The van der Waals surface area contributed by atoms with Crippen molar-refractivity contribution < 1.29 is 19.3 Å². The van der Waals surface area contributed by atoms with Crippen molar-refractivity contribution in [3.63, 3.8) is 0 Å². The van der Waals surface area contributed by atoms with Gasteiger partial charge in [-0.25, -0.2) is 9.78 Å². The van der Waals surface area contributed by atoms with E-state index in [-0.39, 0.29) is 29.5 Å². The Morgan fingerprint density at radius 1 is 1.29 bits per heavy atom. The fourth-order valence-corrected chi connectivity index (χ4v) is 5.18. The Kier molecular flexibility index (Phi) is 5.88. The summed E-state index contributed by atoms with van der Waals surface area (Å²) in [7, 11) is 0. The van der Waals surface area contributed by atoms with Gasteiger partial charge in [-0.3, -0.25) is 4.79 Å². The lowest BCUT2D eigenvalue weighted by atomic mass is 10.2. The third-order valence-electron chi connectivity index (χ3n) is 4.97. The number of thiophene rings is 1. The number of carbonyl (C=O) groups is 1. The van der Waals surface area contributed by atoms with Gasteiger partial charge >= 0.3 is 10.7 Å². The lowest BCUT2D eigenvalue weighted by Crippen LogP contribution is -2.30. The summed E-state index contributed by atoms with van der Waals surface area (Å²) in [5, 5.41) is 13.9. The van der Waals surface area contributed by atoms with E-state index in [0.29, 0.717) is 22.0 Å². The number of rotatable bonds is 6. The zero-order valence-corrected chi connectivity index (χ0v) is 18.9. The maximum absolute atomic E-state index is 13.3. The van der Waals surface area contributed by atoms with Crippen molar-refractivity contribution in [2.24, 2.45) is 0 Å². The SMILES string of the molecule is Cc1ccc(O)c(NC(=O)CSc2[nH+]c3sc(C)c(C)c3c(=O)n2Cc2ccco2)c1. The minimum atomic E-state index is -0.282. The van der Waals surface area contributed by atoms with Crippen LogP contribution in [0.4, 0.5) is 5.69 Å². The molecule has 9 heteroatoms. The maximum atomic E-state index is 13.3. The molecule has 0 unspecified atom stereocenters. The number of hydrogen-bond donors (Lipinski definition) is 2. The first-order valence-corrected chi connectivity index (χ1v) is 11.4. The normalized spacial score (nSPS) is 11.2. The third-order valence-corrected chi connectivity index (χ3v) is 7.10. The topological polar surface area (TPSA) is 98.6 Å². The van der Waals surface area contributed by atoms with Crippen LogP contribution >= 0.6 is 23.1 Å². The molecule has 160 valence electrons. The van der Waals surface area contributed by atoms with Crippen LogP contribution in [0.25, 0.3) is 10.2 Å². The van der Waals surface area contributed by atoms with Crippen molar-refractivity contribution in [1.82, 2.24) is 4.57 Å². The lowest BCUT2D eigenvalue weighted by molar-refractivity contribution is -0.404. The summed E-state index contributed by atoms with van der Waals surface area (Å²) in [6.07, 6.45) is 1.57. The number of anilines is 1. The van der Waals surface area contributed by atoms with Crippen LogP contribution in [0.15, 0.2) is 51.0 Å². The van der Waals surface area contributed by atoms with Gasteiger partial charge in [0.05, 0.1) is 17.7 Å². The van der Waals surface area contributed by atoms with E-state index >= 15 is 0 Å². The number of nitrogens with zero attached hydrogens (tertiary/aromatic N) is 1. The number of phenols is 1. The number of furan rings is 1. The third kappa shape index (κ3) is 4.38. The quantitative estimate of drug-likeness (QED) is 0.261. The van der Waals surface area contributed by atoms with Gasteiger partial charge in [0.15, 0.2) is 11.4 Å². The van der Waals surface area contributed by atoms with Crippen LogP contribution in [0.2, 0.25) is 0 Å². The highest BCUT2D eigenvalue weighted by molar-refractivity contribution is 7.99. The van der Waals surface area contributed by atoms with Crippen molar-refractivity contribution >= 4 is 44.9 Å². The number of H-pyrrole nitrogens is 1. The molecule has 0 bridgehead atoms. The lowest BCUT2D eigenvalue weighted by Gasteiger charge is -2.08. The zero-order valence-electron chi connectivity index (χ0n) is 17.3. The van der Waals surface area contributed by atoms with Crippen molar-refractivity contribution in [3.8, 4) is 5.75 Å². The van der Waals surface area contributed by atoms with Crippen LogP contribution in [0.5, 0.6) is 5.75 Å². The molecule has 0 saturated heterocycles. The van der Waals surface area contributed by atoms with Gasteiger partial charge in [0.2, 0.25) is 5.91 Å². The summed E-state index contributed by atoms with van der Waals surface area (Å²) < 4.78 is 7.04. The van der Waals surface area contributed by atoms with Crippen LogP contribution in [0, 0.1) is 20.8 Å². The Balaban J connectivity index is 1.63. The van der Waals surface area contributed by atoms with E-state index in [4.69, 9.17) is 4.42 Å². The van der Waals surface area contributed by atoms with Crippen molar-refractivity contribution in [2.75, 3.05) is 11.1 Å². The van der Waals surface area contributed by atoms with Gasteiger partial charge in [0, 0.05) is 4.88 Å². The first kappa shape index (κ1) is 21.2. The highest BCUT2D eigenvalue weighted by Crippen LogP contribution is 2.27. The average Bonchev–Trinajstić information content (AvgIpc) is 3.34. The summed E-state index contributed by atoms with van der Waals surface area (Å²) in [5.41, 5.74) is 2.13. The number of fused-ring (bicyclic) bond motifs is 1. The van der Waals surface area contributed by atoms with Gasteiger partial charge < -0.3 is 14.8 Å². The standard InChI is InChI=1S/C22H21N3O4S2/c1-12-6-7-17(26)16(9-12)23-18(27)11-30-22-24-20-19(13(2)14(3)31-20)21(28)25(22)10-15-5-4-8-29-15/h4-9,26H,10-11H2,1-3H3,(H,23,27)/p+1. The molecule has 3 aromatic heterocycles. The van der Waals surface area contributed by atoms with Gasteiger partial charge in [-0.05, 0) is 67.9 Å². The first-order valence-electron chi connectivity index (χ1n) is 9.64. The predicted molar refractivity (Wildman–Crippen MR) is 122 cm³/mol. The Morgan fingerprint density at radius 2 is 2.10 bits per heavy atom. The molecule has 0 spiro atoms. The number of aromatic nitrogens is 2. The van der Waals surface area contributed by atoms with Crippen molar-refractivity contribution in [1.29, 1.82) is 0 Å². The molecule has 1 aromatic carbocycles. The number of aryl methyl sites for hydroxylation is 3. The summed E-state index contributed by atoms with van der Waals surface area (Å²) in [6, 6.07) is 8.60. The van der Waals surface area contributed by atoms with Crippen LogP contribution in [-0.4, -0.2) is 21.3 Å². The number of phenolic OH excluding ortho intramolecular Hbond substituents is 1. The summed E-state index contributed by atoms with van der Waals surface area (Å²) in [6.45, 7) is 6.07. The Hall–Kier alpha value is -3.04. The molecule has 4 aromatic rings. The zero-order chi connectivity index (χ0) is 22.1. The number of thioether (sulfide) groups is 1. The van der Waals surface area contributed by atoms with E-state index in [9.17, 15) is 14.7 Å². The minimum Gasteiger partial charge on any atom is -0.506 e. The molecule has 0 aliphatic rings. The fraction of sp³-hybridized carbons (Fsp3) is 0.227. The Labute approximate surface area is 186 Å². The second-order valence-electron chi connectivity index (χ2n) is 7.25. The molecule has 4 rings (SSSR count). The Bertz CT molecular complexity index is 1320. The van der Waals surface area contributed by atoms with Crippen LogP contribution < -0.4 is 15.9 Å². The van der Waals surface area contributed by atoms with E-state index in [0.717, 1.165) is 20.8 Å². The largest absolute Gasteiger partial charge is 0.506 e. The average molecular weight is 457 g/mol. The van der Waals surface area contributed by atoms with E-state index in [1.165, 1.54) is 23.1 Å². The second-order valence-corrected chi connectivity index (χ2v) is 9.43. The van der Waals surface area contributed by atoms with Gasteiger partial charge in [-0.15, -0.1) is 0 Å². The van der Waals surface area contributed by atoms with E-state index in [2.05, 4.69) is 10.3 Å². The minimum absolute atomic E-state index is 0.0104. The molecule has 0 fully saturated rings.